The number of rotatable bonds is 8. The highest BCUT2D eigenvalue weighted by Gasteiger charge is 2.42. The van der Waals surface area contributed by atoms with Gasteiger partial charge >= 0.3 is 6.09 Å². The van der Waals surface area contributed by atoms with E-state index < -0.39 is 12.2 Å². The number of allylic oxidation sites excluding steroid dienone is 4. The molecule has 0 spiro atoms. The van der Waals surface area contributed by atoms with Gasteiger partial charge in [-0.05, 0) is 72.5 Å². The quantitative estimate of drug-likeness (QED) is 0.450. The van der Waals surface area contributed by atoms with Gasteiger partial charge in [-0.1, -0.05) is 23.7 Å². The van der Waals surface area contributed by atoms with Crippen LogP contribution < -0.4 is 19.5 Å². The molecule has 200 valence electrons. The lowest BCUT2D eigenvalue weighted by Crippen LogP contribution is -2.42. The Morgan fingerprint density at radius 2 is 1.82 bits per heavy atom. The summed E-state index contributed by atoms with van der Waals surface area (Å²) in [5.41, 5.74) is 4.26. The van der Waals surface area contributed by atoms with Crippen LogP contribution in [0.25, 0.3) is 0 Å². The molecule has 2 aromatic rings. The van der Waals surface area contributed by atoms with E-state index in [4.69, 9.17) is 30.9 Å². The van der Waals surface area contributed by atoms with E-state index >= 15 is 0 Å². The molecule has 9 heteroatoms. The number of carbonyl (C=O) groups excluding carboxylic acids is 1. The Morgan fingerprint density at radius 1 is 1.11 bits per heavy atom. The molecule has 0 saturated carbocycles. The second-order valence-corrected chi connectivity index (χ2v) is 9.97. The number of nitrogens with one attached hydrogen (secondary N) is 1. The van der Waals surface area contributed by atoms with E-state index in [9.17, 15) is 9.90 Å². The summed E-state index contributed by atoms with van der Waals surface area (Å²) in [5.74, 6) is 1.95. The van der Waals surface area contributed by atoms with E-state index in [1.807, 2.05) is 36.4 Å². The normalized spacial score (nSPS) is 21.0. The van der Waals surface area contributed by atoms with Crippen LogP contribution in [0.3, 0.4) is 0 Å². The summed E-state index contributed by atoms with van der Waals surface area (Å²) in [4.78, 5) is 15.2. The summed E-state index contributed by atoms with van der Waals surface area (Å²) in [5, 5.41) is 22.9. The molecule has 0 aromatic heterocycles. The van der Waals surface area contributed by atoms with Crippen molar-refractivity contribution in [3.05, 3.63) is 88.2 Å². The van der Waals surface area contributed by atoms with Crippen molar-refractivity contribution in [1.82, 2.24) is 10.2 Å². The third kappa shape index (κ3) is 5.53. The average Bonchev–Trinajstić information content (AvgIpc) is 3.31. The lowest BCUT2D eigenvalue weighted by molar-refractivity contribution is 0.0754. The zero-order valence-electron chi connectivity index (χ0n) is 21.1. The van der Waals surface area contributed by atoms with E-state index in [-0.39, 0.29) is 25.2 Å². The second-order valence-electron chi connectivity index (χ2n) is 9.49. The van der Waals surface area contributed by atoms with Gasteiger partial charge in [-0.2, -0.15) is 0 Å². The van der Waals surface area contributed by atoms with Crippen molar-refractivity contribution < 1.29 is 29.2 Å². The summed E-state index contributed by atoms with van der Waals surface area (Å²) in [6.45, 7) is 0.489. The first-order chi connectivity index (χ1) is 18.5. The predicted molar refractivity (Wildman–Crippen MR) is 143 cm³/mol. The molecule has 0 saturated heterocycles. The first-order valence-electron chi connectivity index (χ1n) is 12.7. The largest absolute Gasteiger partial charge is 0.497 e. The molecule has 2 heterocycles. The average molecular weight is 539 g/mol. The molecule has 5 rings (SSSR count). The molecule has 1 aliphatic carbocycles. The second kappa shape index (κ2) is 11.5. The number of aliphatic hydroxyl groups excluding tert-OH is 2. The van der Waals surface area contributed by atoms with E-state index in [0.29, 0.717) is 30.2 Å². The fraction of sp³-hybridized carbons (Fsp3) is 0.345. The molecule has 0 radical (unpaired) electrons. The maximum atomic E-state index is 13.5. The molecule has 0 fully saturated rings. The highest BCUT2D eigenvalue weighted by Crippen LogP contribution is 2.47. The third-order valence-corrected chi connectivity index (χ3v) is 7.38. The SMILES string of the molecule is COc1ccc(OC(=O)N2CCC3=C(NC4=CC=C(Cl)CC43)C2c2ccc(OCC[C@H](O)CO)cc2)cc1. The smallest absolute Gasteiger partial charge is 0.416 e. The first kappa shape index (κ1) is 26.2. The highest BCUT2D eigenvalue weighted by atomic mass is 35.5. The third-order valence-electron chi connectivity index (χ3n) is 7.10. The van der Waals surface area contributed by atoms with Crippen LogP contribution in [0.1, 0.15) is 30.9 Å². The van der Waals surface area contributed by atoms with Gasteiger partial charge < -0.3 is 29.7 Å². The fourth-order valence-electron chi connectivity index (χ4n) is 5.11. The fourth-order valence-corrected chi connectivity index (χ4v) is 5.33. The highest BCUT2D eigenvalue weighted by molar-refractivity contribution is 6.29. The van der Waals surface area contributed by atoms with Gasteiger partial charge in [0.15, 0.2) is 0 Å². The Hall–Kier alpha value is -3.46. The lowest BCUT2D eigenvalue weighted by atomic mass is 9.85. The van der Waals surface area contributed by atoms with Gasteiger partial charge in [-0.15, -0.1) is 0 Å². The van der Waals surface area contributed by atoms with Crippen molar-refractivity contribution in [2.45, 2.75) is 31.4 Å². The summed E-state index contributed by atoms with van der Waals surface area (Å²) in [6.07, 6.45) is 4.49. The molecule has 1 amide bonds. The zero-order valence-corrected chi connectivity index (χ0v) is 21.9. The number of fused-ring (bicyclic) bond motifs is 2. The maximum Gasteiger partial charge on any atom is 0.416 e. The summed E-state index contributed by atoms with van der Waals surface area (Å²) >= 11 is 6.38. The maximum absolute atomic E-state index is 13.5. The van der Waals surface area contributed by atoms with Crippen LogP contribution in [0, 0.1) is 5.92 Å². The van der Waals surface area contributed by atoms with Crippen LogP contribution in [0.4, 0.5) is 4.79 Å². The molecule has 3 N–H and O–H groups in total. The van der Waals surface area contributed by atoms with Crippen molar-refractivity contribution in [2.24, 2.45) is 5.92 Å². The Labute approximate surface area is 226 Å². The number of benzene rings is 2. The van der Waals surface area contributed by atoms with Crippen LogP contribution in [-0.4, -0.2) is 54.2 Å². The molecule has 3 aliphatic rings. The minimum atomic E-state index is -0.804. The van der Waals surface area contributed by atoms with Crippen molar-refractivity contribution in [3.8, 4) is 17.2 Å². The van der Waals surface area contributed by atoms with Crippen LogP contribution >= 0.6 is 11.6 Å². The summed E-state index contributed by atoms with van der Waals surface area (Å²) in [7, 11) is 1.59. The Bertz CT molecular complexity index is 1250. The van der Waals surface area contributed by atoms with Crippen molar-refractivity contribution >= 4 is 17.7 Å². The Balaban J connectivity index is 1.40. The number of nitrogens with zero attached hydrogens (tertiary/aromatic N) is 1. The molecular formula is C29H31ClN2O6. The van der Waals surface area contributed by atoms with Gasteiger partial charge in [0, 0.05) is 35.3 Å². The summed E-state index contributed by atoms with van der Waals surface area (Å²) < 4.78 is 16.7. The molecule has 3 atom stereocenters. The van der Waals surface area contributed by atoms with Gasteiger partial charge in [0.2, 0.25) is 0 Å². The Morgan fingerprint density at radius 3 is 2.53 bits per heavy atom. The number of methoxy groups -OCH3 is 1. The van der Waals surface area contributed by atoms with Gasteiger partial charge in [0.05, 0.1) is 26.4 Å². The molecule has 2 aliphatic heterocycles. The monoisotopic (exact) mass is 538 g/mol. The van der Waals surface area contributed by atoms with Crippen LogP contribution in [0.5, 0.6) is 17.2 Å². The topological polar surface area (TPSA) is 100 Å². The number of amides is 1. The number of hydrogen-bond acceptors (Lipinski definition) is 7. The number of halogens is 1. The van der Waals surface area contributed by atoms with Gasteiger partial charge in [-0.25, -0.2) is 4.79 Å². The van der Waals surface area contributed by atoms with Gasteiger partial charge in [0.25, 0.3) is 0 Å². The molecule has 2 aromatic carbocycles. The van der Waals surface area contributed by atoms with Crippen LogP contribution in [0.15, 0.2) is 82.7 Å². The first-order valence-corrected chi connectivity index (χ1v) is 13.0. The van der Waals surface area contributed by atoms with Crippen molar-refractivity contribution in [1.29, 1.82) is 0 Å². The van der Waals surface area contributed by atoms with E-state index in [0.717, 1.165) is 34.8 Å². The van der Waals surface area contributed by atoms with Gasteiger partial charge in [0.1, 0.15) is 23.3 Å². The number of aliphatic hydroxyl groups is 2. The van der Waals surface area contributed by atoms with Crippen LogP contribution in [0.2, 0.25) is 0 Å². The van der Waals surface area contributed by atoms with E-state index in [1.165, 1.54) is 5.57 Å². The van der Waals surface area contributed by atoms with Crippen molar-refractivity contribution in [2.75, 3.05) is 26.9 Å². The minimum absolute atomic E-state index is 0.185. The van der Waals surface area contributed by atoms with Crippen LogP contribution in [-0.2, 0) is 0 Å². The van der Waals surface area contributed by atoms with E-state index in [1.54, 1.807) is 36.3 Å². The lowest BCUT2D eigenvalue weighted by Gasteiger charge is -2.36. The molecule has 2 unspecified atom stereocenters. The zero-order chi connectivity index (χ0) is 26.6. The molecular weight excluding hydrogens is 508 g/mol. The predicted octanol–water partition coefficient (Wildman–Crippen LogP) is 4.65. The number of carbonyl (C=O) groups is 1. The Kier molecular flexibility index (Phi) is 7.93. The summed E-state index contributed by atoms with van der Waals surface area (Å²) in [6, 6.07) is 14.1. The molecule has 0 bridgehead atoms. The standard InChI is InChI=1S/C29H31ClN2O6/c1-36-21-7-9-23(10-8-21)38-29(35)32-14-12-24-25-16-19(30)4-11-26(25)31-27(24)28(32)18-2-5-22(6-3-18)37-15-13-20(34)17-33/h2-11,20,25,28,31,33-34H,12-17H2,1H3/t20-,25?,28?/m0/s1. The molecule has 38 heavy (non-hydrogen) atoms. The van der Waals surface area contributed by atoms with E-state index in [2.05, 4.69) is 5.32 Å². The number of hydrogen-bond donors (Lipinski definition) is 3. The number of ether oxygens (including phenoxy) is 3. The molecule has 8 nitrogen and oxygen atoms in total. The minimum Gasteiger partial charge on any atom is -0.497 e. The van der Waals surface area contributed by atoms with Crippen molar-refractivity contribution in [3.63, 3.8) is 0 Å². The van der Waals surface area contributed by atoms with Gasteiger partial charge in [-0.3, -0.25) is 4.90 Å².